The summed E-state index contributed by atoms with van der Waals surface area (Å²) < 4.78 is 0. The Bertz CT molecular complexity index is 165. The number of hydrogen-bond donors (Lipinski definition) is 8. The third-order valence-electron chi connectivity index (χ3n) is 0. The molecule has 0 aliphatic heterocycles. The minimum atomic E-state index is -1.83. The summed E-state index contributed by atoms with van der Waals surface area (Å²) in [5.41, 5.74) is 0. The van der Waals surface area contributed by atoms with Gasteiger partial charge in [-0.25, -0.2) is 19.2 Å². The van der Waals surface area contributed by atoms with Gasteiger partial charge in [-0.2, -0.15) is 0 Å². The Morgan fingerprint density at radius 2 is 0.474 bits per heavy atom. The van der Waals surface area contributed by atoms with Crippen LogP contribution in [0.4, 0.5) is 19.2 Å². The zero-order chi connectivity index (χ0) is 14.3. The maximum absolute atomic E-state index is 8.56. The molecule has 19 heavy (non-hydrogen) atoms. The quantitative estimate of drug-likeness (QED) is 0.234. The van der Waals surface area contributed by atoms with E-state index in [1.807, 2.05) is 0 Å². The first-order valence-corrected chi connectivity index (χ1v) is 2.61. The van der Waals surface area contributed by atoms with Crippen LogP contribution in [0.15, 0.2) is 0 Å². The molecule has 0 spiro atoms. The predicted molar refractivity (Wildman–Crippen MR) is 53.5 cm³/mol. The van der Waals surface area contributed by atoms with E-state index in [9.17, 15) is 0 Å². The first kappa shape index (κ1) is 43.5. The van der Waals surface area contributed by atoms with Crippen LogP contribution in [0.5, 0.6) is 0 Å². The van der Waals surface area contributed by atoms with Crippen LogP contribution in [0, 0.1) is 0 Å². The molecule has 0 amide bonds. The van der Waals surface area contributed by atoms with E-state index >= 15 is 0 Å². The van der Waals surface area contributed by atoms with E-state index in [4.69, 9.17) is 60.0 Å². The minimum Gasteiger partial charge on any atom is -0.450 e. The van der Waals surface area contributed by atoms with E-state index < -0.39 is 24.6 Å². The first-order chi connectivity index (χ1) is 6.93. The number of halogens is 1. The van der Waals surface area contributed by atoms with Gasteiger partial charge < -0.3 is 46.3 Å². The summed E-state index contributed by atoms with van der Waals surface area (Å²) in [5, 5.41) is 55.8. The summed E-state index contributed by atoms with van der Waals surface area (Å²) in [6.07, 6.45) is -7.33. The first-order valence-electron chi connectivity index (χ1n) is 2.61. The molecule has 117 valence electrons. The third kappa shape index (κ3) is 854. The smallest absolute Gasteiger partial charge is 0.450 e. The van der Waals surface area contributed by atoms with Crippen molar-refractivity contribution in [3.05, 3.63) is 0 Å². The molecule has 1 radical (unpaired) electrons. The largest absolute Gasteiger partial charge is 0.503 e. The van der Waals surface area contributed by atoms with Gasteiger partial charge in [0.15, 0.2) is 0 Å². The van der Waals surface area contributed by atoms with Crippen molar-refractivity contribution in [1.82, 2.24) is 0 Å². The Hall–Kier alpha value is -1.93. The fourth-order valence-electron chi connectivity index (χ4n) is 0. The van der Waals surface area contributed by atoms with Gasteiger partial charge >= 0.3 is 24.6 Å². The Labute approximate surface area is 125 Å². The van der Waals surface area contributed by atoms with Crippen LogP contribution in [0.3, 0.4) is 0 Å². The second kappa shape index (κ2) is 36.0. The Balaban J connectivity index is -0.0000000192. The maximum atomic E-state index is 8.56. The molecule has 0 aromatic heterocycles. The van der Waals surface area contributed by atoms with Crippen LogP contribution in [-0.4, -0.2) is 70.9 Å². The zero-order valence-electron chi connectivity index (χ0n) is 8.57. The van der Waals surface area contributed by atoms with Gasteiger partial charge in [-0.3, -0.25) is 0 Å². The molecule has 10 N–H and O–H groups in total. The van der Waals surface area contributed by atoms with Crippen LogP contribution in [0.25, 0.3) is 0 Å². The molecule has 0 bridgehead atoms. The molecule has 13 nitrogen and oxygen atoms in total. The van der Waals surface area contributed by atoms with Gasteiger partial charge in [-0.15, -0.1) is 12.4 Å². The van der Waals surface area contributed by atoms with Crippen molar-refractivity contribution in [2.45, 2.75) is 0 Å². The fourth-order valence-corrected chi connectivity index (χ4v) is 0. The number of carboxylic acid groups (broad SMARTS) is 8. The standard InChI is InChI=1S/4CH2O3.ClH.H2O.Ta/c4*2-1(3)4;;;/h4*(H2,2,3,4);1H;1H2;. The normalized spacial score (nSPS) is 5.05. The molecule has 0 unspecified atom stereocenters. The summed E-state index contributed by atoms with van der Waals surface area (Å²) in [5.74, 6) is 0. The number of carbonyl (C=O) groups is 4. The van der Waals surface area contributed by atoms with Gasteiger partial charge in [0, 0.05) is 22.4 Å². The van der Waals surface area contributed by atoms with Crippen molar-refractivity contribution < 1.29 is 87.9 Å². The van der Waals surface area contributed by atoms with Crippen LogP contribution < -0.4 is 0 Å². The van der Waals surface area contributed by atoms with E-state index in [0.717, 1.165) is 0 Å². The van der Waals surface area contributed by atoms with Crippen molar-refractivity contribution >= 4 is 37.0 Å². The minimum absolute atomic E-state index is 0. The van der Waals surface area contributed by atoms with E-state index in [-0.39, 0.29) is 40.3 Å². The van der Waals surface area contributed by atoms with Gasteiger partial charge in [0.1, 0.15) is 0 Å². The molecule has 0 heterocycles. The third-order valence-corrected chi connectivity index (χ3v) is 0. The molecule has 0 aliphatic carbocycles. The molecule has 0 aliphatic rings. The van der Waals surface area contributed by atoms with Crippen LogP contribution in [0.1, 0.15) is 0 Å². The summed E-state index contributed by atoms with van der Waals surface area (Å²) in [6.45, 7) is 0. The van der Waals surface area contributed by atoms with Gasteiger partial charge in [0.05, 0.1) is 0 Å². The molecule has 0 atom stereocenters. The Kier molecular flexibility index (Phi) is 82.3. The van der Waals surface area contributed by atoms with Crippen molar-refractivity contribution in [3.8, 4) is 0 Å². The van der Waals surface area contributed by atoms with Gasteiger partial charge in [0.25, 0.3) is 0 Å². The van der Waals surface area contributed by atoms with Crippen molar-refractivity contribution in [2.75, 3.05) is 0 Å². The molecule has 0 saturated heterocycles. The predicted octanol–water partition coefficient (Wildman–Crippen LogP) is 0.484. The number of hydrogen-bond acceptors (Lipinski definition) is 4. The zero-order valence-corrected chi connectivity index (χ0v) is 12.6. The van der Waals surface area contributed by atoms with E-state index in [1.165, 1.54) is 0 Å². The molecule has 15 heteroatoms. The molecular formula is C4H11ClO13Ta. The van der Waals surface area contributed by atoms with Crippen LogP contribution in [0.2, 0.25) is 0 Å². The average molecular weight is 484 g/mol. The summed E-state index contributed by atoms with van der Waals surface area (Å²) >= 11 is 0. The van der Waals surface area contributed by atoms with Crippen molar-refractivity contribution in [1.29, 1.82) is 0 Å². The summed E-state index contributed by atoms with van der Waals surface area (Å²) in [4.78, 5) is 34.2. The molecule has 0 rings (SSSR count). The monoisotopic (exact) mass is 483 g/mol. The molecular weight excluding hydrogens is 472 g/mol. The van der Waals surface area contributed by atoms with Gasteiger partial charge in [-0.05, 0) is 0 Å². The topological polar surface area (TPSA) is 262 Å². The SMILES string of the molecule is Cl.O.O=C(O)O.O=C(O)O.O=C(O)O.O=C(O)O.[Ta]. The maximum Gasteiger partial charge on any atom is 0.503 e. The van der Waals surface area contributed by atoms with Gasteiger partial charge in [-0.1, -0.05) is 0 Å². The van der Waals surface area contributed by atoms with Gasteiger partial charge in [0.2, 0.25) is 0 Å². The second-order valence-electron chi connectivity index (χ2n) is 1.13. The molecule has 0 aromatic rings. The average Bonchev–Trinajstić information content (AvgIpc) is 1.76. The van der Waals surface area contributed by atoms with Crippen molar-refractivity contribution in [3.63, 3.8) is 0 Å². The van der Waals surface area contributed by atoms with E-state index in [0.29, 0.717) is 0 Å². The molecule has 0 saturated carbocycles. The summed E-state index contributed by atoms with van der Waals surface area (Å²) in [6, 6.07) is 0. The molecule has 0 aromatic carbocycles. The second-order valence-corrected chi connectivity index (χ2v) is 1.13. The van der Waals surface area contributed by atoms with E-state index in [2.05, 4.69) is 0 Å². The van der Waals surface area contributed by atoms with Crippen LogP contribution in [-0.2, 0) is 22.4 Å². The van der Waals surface area contributed by atoms with E-state index in [1.54, 1.807) is 0 Å². The van der Waals surface area contributed by atoms with Crippen LogP contribution >= 0.6 is 12.4 Å². The fraction of sp³-hybridized carbons (Fsp3) is 0. The van der Waals surface area contributed by atoms with Crippen molar-refractivity contribution in [2.24, 2.45) is 0 Å². The summed E-state index contributed by atoms with van der Waals surface area (Å²) in [7, 11) is 0. The Morgan fingerprint density at radius 3 is 0.474 bits per heavy atom. The Morgan fingerprint density at radius 1 is 0.474 bits per heavy atom. The number of rotatable bonds is 0. The molecule has 0 fully saturated rings.